The molecule has 79 heavy (non-hydrogen) atoms. The number of carbonyl (C=O) groups is 2. The molecule has 424 valence electrons. The Labute approximate surface area is 454 Å². The number of aryl methyl sites for hydroxylation is 2. The topological polar surface area (TPSA) is 253 Å². The Morgan fingerprint density at radius 2 is 1.28 bits per heavy atom. The lowest BCUT2D eigenvalue weighted by Crippen LogP contribution is -2.57. The summed E-state index contributed by atoms with van der Waals surface area (Å²) in [4.78, 5) is 94.5. The van der Waals surface area contributed by atoms with Gasteiger partial charge in [-0.05, 0) is 90.5 Å². The largest absolute Gasteiger partial charge is 0.479 e. The highest BCUT2D eigenvalue weighted by atomic mass is 19.1. The van der Waals surface area contributed by atoms with Crippen LogP contribution in [0.25, 0.3) is 33.2 Å². The summed E-state index contributed by atoms with van der Waals surface area (Å²) in [5.74, 6) is -2.55. The van der Waals surface area contributed by atoms with Crippen LogP contribution in [0, 0.1) is 25.5 Å². The Bertz CT molecular complexity index is 3520. The quantitative estimate of drug-likeness (QED) is 0.163. The lowest BCUT2D eigenvalue weighted by Gasteiger charge is -2.41. The molecule has 0 aromatic carbocycles. The molecule has 2 N–H and O–H groups in total. The SMILES string of the molecule is COc1nc(OC[C@@H]2CN(C(=O)OC(C)(C)C)CCN2)c2c(=O)[nH]c(=O)n(-c3c(C)ccnc3C(C)C)c2c1F.COc1nc2c3c(nc(=O)n(-c4c(C)ccnc4C(C)C)c3c1F)N1CCN(C(=O)OC(C)(C)C)C[C@H]1CO2. The predicted octanol–water partition coefficient (Wildman–Crippen LogP) is 6.21. The average molecular weight is 1100 g/mol. The van der Waals surface area contributed by atoms with Gasteiger partial charge in [0.25, 0.3) is 17.3 Å². The summed E-state index contributed by atoms with van der Waals surface area (Å²) in [6.07, 6.45) is 2.40. The summed E-state index contributed by atoms with van der Waals surface area (Å²) in [5.41, 5.74) is -0.635. The van der Waals surface area contributed by atoms with Crippen LogP contribution in [-0.2, 0) is 9.47 Å². The number of ether oxygens (including phenoxy) is 6. The van der Waals surface area contributed by atoms with E-state index in [-0.39, 0.29) is 95.5 Å². The molecule has 25 heteroatoms. The number of anilines is 1. The third-order valence-electron chi connectivity index (χ3n) is 13.2. The Balaban J connectivity index is 0.000000208. The van der Waals surface area contributed by atoms with E-state index in [2.05, 4.69) is 35.2 Å². The molecule has 2 fully saturated rings. The lowest BCUT2D eigenvalue weighted by atomic mass is 10.0. The van der Waals surface area contributed by atoms with E-state index in [4.69, 9.17) is 28.4 Å². The number of methoxy groups -OCH3 is 2. The van der Waals surface area contributed by atoms with Crippen molar-refractivity contribution in [1.29, 1.82) is 0 Å². The van der Waals surface area contributed by atoms with Crippen LogP contribution in [0.1, 0.15) is 104 Å². The summed E-state index contributed by atoms with van der Waals surface area (Å²) in [6.45, 7) is 24.4. The van der Waals surface area contributed by atoms with Gasteiger partial charge in [0.05, 0.1) is 49.1 Å². The summed E-state index contributed by atoms with van der Waals surface area (Å²) in [7, 11) is 2.54. The van der Waals surface area contributed by atoms with Crippen molar-refractivity contribution in [3.63, 3.8) is 0 Å². The molecule has 6 aromatic heterocycles. The van der Waals surface area contributed by atoms with Crippen molar-refractivity contribution in [2.45, 2.75) is 118 Å². The Morgan fingerprint density at radius 1 is 0.734 bits per heavy atom. The lowest BCUT2D eigenvalue weighted by molar-refractivity contribution is 0.0174. The summed E-state index contributed by atoms with van der Waals surface area (Å²) in [5, 5.41) is 3.27. The molecule has 2 atom stereocenters. The van der Waals surface area contributed by atoms with Crippen LogP contribution in [0.4, 0.5) is 24.2 Å². The van der Waals surface area contributed by atoms with Crippen molar-refractivity contribution in [3.05, 3.63) is 90.0 Å². The molecule has 0 unspecified atom stereocenters. The number of hydrogen-bond acceptors (Lipinski definition) is 18. The molecule has 0 saturated carbocycles. The monoisotopic (exact) mass is 1100 g/mol. The number of carbonyl (C=O) groups excluding carboxylic acids is 2. The van der Waals surface area contributed by atoms with E-state index in [0.29, 0.717) is 54.5 Å². The molecule has 3 aliphatic rings. The van der Waals surface area contributed by atoms with E-state index in [1.54, 1.807) is 62.0 Å². The Morgan fingerprint density at radius 3 is 1.84 bits per heavy atom. The van der Waals surface area contributed by atoms with Crippen molar-refractivity contribution >= 4 is 39.8 Å². The minimum atomic E-state index is -0.988. The van der Waals surface area contributed by atoms with Gasteiger partial charge in [-0.15, -0.1) is 0 Å². The predicted molar refractivity (Wildman–Crippen MR) is 289 cm³/mol. The van der Waals surface area contributed by atoms with Gasteiger partial charge in [-0.2, -0.15) is 23.7 Å². The van der Waals surface area contributed by atoms with Gasteiger partial charge in [-0.1, -0.05) is 27.7 Å². The van der Waals surface area contributed by atoms with E-state index < -0.39 is 57.8 Å². The van der Waals surface area contributed by atoms with Gasteiger partial charge in [-0.3, -0.25) is 28.9 Å². The van der Waals surface area contributed by atoms with Crippen LogP contribution in [0.5, 0.6) is 23.5 Å². The zero-order valence-corrected chi connectivity index (χ0v) is 47.0. The maximum absolute atomic E-state index is 16.1. The van der Waals surface area contributed by atoms with Gasteiger partial charge in [0.15, 0.2) is 0 Å². The molecule has 0 spiro atoms. The third kappa shape index (κ3) is 11.6. The number of aromatic nitrogens is 8. The zero-order valence-electron chi connectivity index (χ0n) is 47.0. The summed E-state index contributed by atoms with van der Waals surface area (Å²) in [6, 6.07) is 2.76. The maximum Gasteiger partial charge on any atom is 0.410 e. The van der Waals surface area contributed by atoms with Crippen molar-refractivity contribution in [1.82, 2.24) is 54.2 Å². The van der Waals surface area contributed by atoms with Crippen molar-refractivity contribution in [3.8, 4) is 34.9 Å². The number of fused-ring (bicyclic) bond motifs is 3. The Hall–Kier alpha value is -7.96. The molecule has 2 amide bonds. The van der Waals surface area contributed by atoms with Crippen LogP contribution < -0.4 is 46.1 Å². The minimum absolute atomic E-state index is 0.0160. The fraction of sp³-hybridized carbons (Fsp3) is 0.519. The molecule has 0 aliphatic carbocycles. The number of nitrogens with zero attached hydrogens (tertiary/aromatic N) is 10. The number of amides is 2. The fourth-order valence-electron chi connectivity index (χ4n) is 9.69. The molecule has 0 bridgehead atoms. The molecular formula is C54H68F2N12O11. The molecule has 9 rings (SSSR count). The summed E-state index contributed by atoms with van der Waals surface area (Å²) >= 11 is 0. The highest BCUT2D eigenvalue weighted by molar-refractivity contribution is 5.97. The van der Waals surface area contributed by atoms with E-state index >= 15 is 8.78 Å². The number of aromatic amines is 1. The normalized spacial score (nSPS) is 16.5. The average Bonchev–Trinajstić information content (AvgIpc) is 3.80. The van der Waals surface area contributed by atoms with Gasteiger partial charge >= 0.3 is 23.6 Å². The van der Waals surface area contributed by atoms with E-state index in [1.165, 1.54) is 18.8 Å². The number of nitrogens with one attached hydrogen (secondary N) is 2. The number of rotatable bonds is 9. The van der Waals surface area contributed by atoms with Crippen molar-refractivity contribution in [2.24, 2.45) is 0 Å². The first-order valence-corrected chi connectivity index (χ1v) is 26.0. The van der Waals surface area contributed by atoms with Crippen molar-refractivity contribution < 1.29 is 46.8 Å². The Kier molecular flexibility index (Phi) is 16.2. The van der Waals surface area contributed by atoms with Gasteiger partial charge in [-0.25, -0.2) is 19.2 Å². The second kappa shape index (κ2) is 22.4. The van der Waals surface area contributed by atoms with Crippen LogP contribution in [-0.4, -0.2) is 151 Å². The number of pyridine rings is 4. The number of hydrogen-bond donors (Lipinski definition) is 2. The smallest absolute Gasteiger partial charge is 0.410 e. The highest BCUT2D eigenvalue weighted by Gasteiger charge is 2.39. The fourth-order valence-corrected chi connectivity index (χ4v) is 9.69. The number of H-pyrrole nitrogens is 1. The van der Waals surface area contributed by atoms with Crippen LogP contribution in [0.2, 0.25) is 0 Å². The van der Waals surface area contributed by atoms with E-state index in [0.717, 1.165) is 10.1 Å². The second-order valence-electron chi connectivity index (χ2n) is 22.1. The van der Waals surface area contributed by atoms with Crippen LogP contribution >= 0.6 is 0 Å². The first kappa shape index (κ1) is 57.2. The molecule has 23 nitrogen and oxygen atoms in total. The standard InChI is InChI=1S/C27H35FN6O6.C27H33FN6O5/c1-14(2)19-20(15(3)8-9-30-19)34-21-17(22(35)31-25(34)36)23(32-24(38-7)18(21)28)39-13-16-12-33(11-10-29-16)26(37)40-27(4,5)6;1-14(2)19-20(15(3)8-9-29-19)34-21-17-22(30-25(34)35)33-11-10-32(26(36)39-27(4,5)6)12-16(33)13-38-23(17)31-24(37-7)18(21)28/h8-9,14,16,29H,10-13H2,1-7H3,(H,31,35,36);8-9,14,16H,10-13H2,1-7H3/t2*16-/m00/s1. The zero-order chi connectivity index (χ0) is 57.6. The first-order chi connectivity index (χ1) is 37.2. The first-order valence-electron chi connectivity index (χ1n) is 26.0. The molecule has 0 radical (unpaired) electrons. The molecule has 2 saturated heterocycles. The van der Waals surface area contributed by atoms with Gasteiger partial charge in [0.2, 0.25) is 23.4 Å². The minimum Gasteiger partial charge on any atom is -0.479 e. The van der Waals surface area contributed by atoms with Crippen LogP contribution in [0.15, 0.2) is 38.9 Å². The van der Waals surface area contributed by atoms with Gasteiger partial charge in [0, 0.05) is 51.7 Å². The summed E-state index contributed by atoms with van der Waals surface area (Å²) < 4.78 is 67.8. The molecule has 6 aromatic rings. The van der Waals surface area contributed by atoms with Gasteiger partial charge < -0.3 is 48.4 Å². The van der Waals surface area contributed by atoms with Gasteiger partial charge in [0.1, 0.15) is 52.0 Å². The second-order valence-corrected chi connectivity index (χ2v) is 22.1. The maximum atomic E-state index is 16.1. The molecular weight excluding hydrogens is 1030 g/mol. The third-order valence-corrected chi connectivity index (χ3v) is 13.2. The van der Waals surface area contributed by atoms with Crippen molar-refractivity contribution in [2.75, 3.05) is 71.6 Å². The van der Waals surface area contributed by atoms with Crippen LogP contribution in [0.3, 0.4) is 0 Å². The molecule has 3 aliphatic heterocycles. The van der Waals surface area contributed by atoms with E-state index in [1.807, 2.05) is 60.3 Å². The highest BCUT2D eigenvalue weighted by Crippen LogP contribution is 2.41. The number of piperazine rings is 2. The number of halogens is 2. The molecule has 9 heterocycles. The van der Waals surface area contributed by atoms with E-state index in [9.17, 15) is 24.0 Å².